The van der Waals surface area contributed by atoms with Crippen molar-refractivity contribution in [3.8, 4) is 5.69 Å². The van der Waals surface area contributed by atoms with E-state index in [2.05, 4.69) is 58.0 Å². The molecule has 2 aromatic heterocycles. The summed E-state index contributed by atoms with van der Waals surface area (Å²) in [6.07, 6.45) is 5.92. The predicted molar refractivity (Wildman–Crippen MR) is 128 cm³/mol. The zero-order chi connectivity index (χ0) is 19.8. The Balaban J connectivity index is 0.00000300. The van der Waals surface area contributed by atoms with Crippen LogP contribution >= 0.6 is 24.0 Å². The highest BCUT2D eigenvalue weighted by molar-refractivity contribution is 14.0. The molecule has 1 aromatic carbocycles. The lowest BCUT2D eigenvalue weighted by atomic mass is 10.1. The van der Waals surface area contributed by atoms with Crippen molar-refractivity contribution in [2.24, 2.45) is 12.0 Å². The monoisotopic (exact) mass is 507 g/mol. The lowest BCUT2D eigenvalue weighted by Gasteiger charge is -2.11. The summed E-state index contributed by atoms with van der Waals surface area (Å²) in [6, 6.07) is 12.2. The molecule has 0 saturated carbocycles. The minimum atomic E-state index is 0. The maximum atomic E-state index is 4.64. The molecule has 0 radical (unpaired) electrons. The number of nitrogens with zero attached hydrogens (tertiary/aromatic N) is 5. The third kappa shape index (κ3) is 6.59. The number of aryl methyl sites for hydroxylation is 3. The van der Waals surface area contributed by atoms with Crippen molar-refractivity contribution in [1.82, 2.24) is 30.2 Å². The largest absolute Gasteiger partial charge is 0.357 e. The third-order valence-electron chi connectivity index (χ3n) is 4.60. The summed E-state index contributed by atoms with van der Waals surface area (Å²) in [5, 5.41) is 15.5. The van der Waals surface area contributed by atoms with E-state index < -0.39 is 0 Å². The summed E-state index contributed by atoms with van der Waals surface area (Å²) in [5.41, 5.74) is 4.54. The first-order valence-electron chi connectivity index (χ1n) is 9.77. The van der Waals surface area contributed by atoms with Crippen LogP contribution in [0.5, 0.6) is 0 Å². The smallest absolute Gasteiger partial charge is 0.191 e. The van der Waals surface area contributed by atoms with Gasteiger partial charge in [0.25, 0.3) is 0 Å². The summed E-state index contributed by atoms with van der Waals surface area (Å²) in [4.78, 5) is 4.64. The first-order valence-corrected chi connectivity index (χ1v) is 9.77. The van der Waals surface area contributed by atoms with Gasteiger partial charge in [-0.1, -0.05) is 18.2 Å². The second-order valence-electron chi connectivity index (χ2n) is 6.69. The Morgan fingerprint density at radius 1 is 1.14 bits per heavy atom. The number of hydrogen-bond donors (Lipinski definition) is 2. The lowest BCUT2D eigenvalue weighted by Crippen LogP contribution is -2.37. The van der Waals surface area contributed by atoms with Gasteiger partial charge in [-0.05, 0) is 50.5 Å². The molecule has 0 amide bonds. The number of nitrogens with one attached hydrogen (secondary N) is 2. The van der Waals surface area contributed by atoms with Gasteiger partial charge in [0.2, 0.25) is 0 Å². The number of hydrogen-bond acceptors (Lipinski definition) is 3. The molecule has 0 bridgehead atoms. The molecule has 7 nitrogen and oxygen atoms in total. The average molecular weight is 507 g/mol. The fraction of sp³-hybridized carbons (Fsp3) is 0.381. The molecule has 3 rings (SSSR count). The normalized spacial score (nSPS) is 11.2. The number of rotatable bonds is 8. The van der Waals surface area contributed by atoms with Crippen LogP contribution in [0.4, 0.5) is 0 Å². The quantitative estimate of drug-likeness (QED) is 0.213. The minimum absolute atomic E-state index is 0. The average Bonchev–Trinajstić information content (AvgIpc) is 3.29. The van der Waals surface area contributed by atoms with Gasteiger partial charge >= 0.3 is 0 Å². The van der Waals surface area contributed by atoms with Crippen LogP contribution in [0.3, 0.4) is 0 Å². The van der Waals surface area contributed by atoms with E-state index in [0.29, 0.717) is 6.54 Å². The summed E-state index contributed by atoms with van der Waals surface area (Å²) in [6.45, 7) is 6.44. The maximum Gasteiger partial charge on any atom is 0.191 e. The van der Waals surface area contributed by atoms with Gasteiger partial charge in [0.15, 0.2) is 5.96 Å². The predicted octanol–water partition coefficient (Wildman–Crippen LogP) is 3.22. The van der Waals surface area contributed by atoms with E-state index in [-0.39, 0.29) is 24.0 Å². The van der Waals surface area contributed by atoms with Crippen LogP contribution in [0, 0.1) is 6.92 Å². The number of aromatic nitrogens is 4. The van der Waals surface area contributed by atoms with E-state index in [1.807, 2.05) is 40.7 Å². The van der Waals surface area contributed by atoms with Gasteiger partial charge in [-0.25, -0.2) is 9.67 Å². The summed E-state index contributed by atoms with van der Waals surface area (Å²) < 4.78 is 3.80. The number of guanidine groups is 1. The molecule has 0 atom stereocenters. The van der Waals surface area contributed by atoms with Crippen molar-refractivity contribution in [2.75, 3.05) is 13.1 Å². The van der Waals surface area contributed by atoms with Gasteiger partial charge in [0, 0.05) is 32.5 Å². The van der Waals surface area contributed by atoms with Crippen molar-refractivity contribution in [3.05, 3.63) is 65.7 Å². The molecular weight excluding hydrogens is 477 g/mol. The van der Waals surface area contributed by atoms with Crippen molar-refractivity contribution < 1.29 is 0 Å². The molecule has 2 heterocycles. The van der Waals surface area contributed by atoms with E-state index in [0.717, 1.165) is 49.0 Å². The standard InChI is InChI=1S/C21H29N7.HI/c1-4-22-21(24-15-20-12-14-25-27(20)3)23-13-8-9-18-16-28(26-17(18)2)19-10-6-5-7-11-19;/h5-7,10-12,14,16H,4,8-9,13,15H2,1-3H3,(H2,22,23,24);1H. The minimum Gasteiger partial charge on any atom is -0.357 e. The van der Waals surface area contributed by atoms with Crippen LogP contribution in [-0.2, 0) is 20.0 Å². The van der Waals surface area contributed by atoms with Crippen LogP contribution in [-0.4, -0.2) is 38.6 Å². The Bertz CT molecular complexity index is 899. The molecule has 3 aromatic rings. The van der Waals surface area contributed by atoms with Gasteiger partial charge in [-0.3, -0.25) is 4.68 Å². The SMILES string of the molecule is CCNC(=NCc1ccnn1C)NCCCc1cn(-c2ccccc2)nc1C.I. The molecular formula is C21H30IN7. The Morgan fingerprint density at radius 2 is 1.93 bits per heavy atom. The zero-order valence-electron chi connectivity index (χ0n) is 17.3. The van der Waals surface area contributed by atoms with Crippen molar-refractivity contribution in [1.29, 1.82) is 0 Å². The highest BCUT2D eigenvalue weighted by Gasteiger charge is 2.06. The molecule has 29 heavy (non-hydrogen) atoms. The van der Waals surface area contributed by atoms with E-state index >= 15 is 0 Å². The molecule has 156 valence electrons. The fourth-order valence-corrected chi connectivity index (χ4v) is 3.00. The zero-order valence-corrected chi connectivity index (χ0v) is 19.6. The summed E-state index contributed by atoms with van der Waals surface area (Å²) >= 11 is 0. The van der Waals surface area contributed by atoms with Crippen LogP contribution in [0.1, 0.15) is 30.3 Å². The Kier molecular flexibility index (Phi) is 9.17. The maximum absolute atomic E-state index is 4.64. The number of aliphatic imine (C=N–C) groups is 1. The Labute approximate surface area is 189 Å². The van der Waals surface area contributed by atoms with Gasteiger partial charge in [0.1, 0.15) is 0 Å². The lowest BCUT2D eigenvalue weighted by molar-refractivity contribution is 0.703. The molecule has 8 heteroatoms. The van der Waals surface area contributed by atoms with Gasteiger partial charge in [0.05, 0.1) is 23.6 Å². The Hall–Kier alpha value is -2.36. The molecule has 0 aliphatic rings. The Morgan fingerprint density at radius 3 is 2.62 bits per heavy atom. The van der Waals surface area contributed by atoms with Crippen molar-refractivity contribution >= 4 is 29.9 Å². The van der Waals surface area contributed by atoms with Gasteiger partial charge < -0.3 is 10.6 Å². The molecule has 0 fully saturated rings. The highest BCUT2D eigenvalue weighted by Crippen LogP contribution is 2.13. The van der Waals surface area contributed by atoms with Crippen LogP contribution in [0.2, 0.25) is 0 Å². The molecule has 0 aliphatic heterocycles. The topological polar surface area (TPSA) is 72.1 Å². The highest BCUT2D eigenvalue weighted by atomic mass is 127. The second kappa shape index (κ2) is 11.6. The van der Waals surface area contributed by atoms with Crippen LogP contribution in [0.15, 0.2) is 53.8 Å². The number of benzene rings is 1. The summed E-state index contributed by atoms with van der Waals surface area (Å²) in [5.74, 6) is 0.834. The van der Waals surface area contributed by atoms with Gasteiger partial charge in [-0.2, -0.15) is 10.2 Å². The van der Waals surface area contributed by atoms with Crippen molar-refractivity contribution in [3.63, 3.8) is 0 Å². The van der Waals surface area contributed by atoms with Gasteiger partial charge in [-0.15, -0.1) is 24.0 Å². The third-order valence-corrected chi connectivity index (χ3v) is 4.60. The number of para-hydroxylation sites is 1. The van der Waals surface area contributed by atoms with Crippen molar-refractivity contribution in [2.45, 2.75) is 33.2 Å². The second-order valence-corrected chi connectivity index (χ2v) is 6.69. The molecule has 2 N–H and O–H groups in total. The van der Waals surface area contributed by atoms with Crippen LogP contribution in [0.25, 0.3) is 5.69 Å². The van der Waals surface area contributed by atoms with E-state index in [1.54, 1.807) is 6.20 Å². The van der Waals surface area contributed by atoms with E-state index in [4.69, 9.17) is 0 Å². The molecule has 0 unspecified atom stereocenters. The fourth-order valence-electron chi connectivity index (χ4n) is 3.00. The van der Waals surface area contributed by atoms with Crippen LogP contribution < -0.4 is 10.6 Å². The first kappa shape index (κ1) is 22.9. The first-order chi connectivity index (χ1) is 13.7. The molecule has 0 aliphatic carbocycles. The van der Waals surface area contributed by atoms with E-state index in [1.165, 1.54) is 5.56 Å². The van der Waals surface area contributed by atoms with E-state index in [9.17, 15) is 0 Å². The molecule has 0 spiro atoms. The summed E-state index contributed by atoms with van der Waals surface area (Å²) in [7, 11) is 1.93. The number of halogens is 1. The molecule has 0 saturated heterocycles.